The average Bonchev–Trinajstić information content (AvgIpc) is 2.32. The van der Waals surface area contributed by atoms with Gasteiger partial charge >= 0.3 is 0 Å². The molecule has 0 amide bonds. The second kappa shape index (κ2) is 6.98. The van der Waals surface area contributed by atoms with E-state index in [1.54, 1.807) is 7.11 Å². The van der Waals surface area contributed by atoms with Crippen LogP contribution in [0.5, 0.6) is 0 Å². The first-order valence-electron chi connectivity index (χ1n) is 6.31. The first kappa shape index (κ1) is 15.3. The predicted octanol–water partition coefficient (Wildman–Crippen LogP) is 3.22. The molecule has 0 radical (unpaired) electrons. The lowest BCUT2D eigenvalue weighted by atomic mass is 10.1. The van der Waals surface area contributed by atoms with Crippen LogP contribution in [0.2, 0.25) is 5.02 Å². The molecular weight excluding hydrogens is 248 g/mol. The van der Waals surface area contributed by atoms with Crippen molar-refractivity contribution >= 4 is 17.3 Å². The molecular formula is C14H23ClN2O. The van der Waals surface area contributed by atoms with Crippen molar-refractivity contribution in [2.24, 2.45) is 5.73 Å². The number of benzene rings is 1. The Bertz CT molecular complexity index is 382. The lowest BCUT2D eigenvalue weighted by molar-refractivity contribution is 0.182. The minimum Gasteiger partial charge on any atom is -0.383 e. The second-order valence-corrected chi connectivity index (χ2v) is 5.00. The van der Waals surface area contributed by atoms with Gasteiger partial charge in [0.15, 0.2) is 0 Å². The van der Waals surface area contributed by atoms with Crippen LogP contribution in [0.25, 0.3) is 0 Å². The van der Waals surface area contributed by atoms with Crippen molar-refractivity contribution in [3.05, 3.63) is 28.8 Å². The number of nitrogens with zero attached hydrogens (tertiary/aromatic N) is 1. The third-order valence-electron chi connectivity index (χ3n) is 3.09. The molecule has 0 heterocycles. The molecule has 4 heteroatoms. The molecule has 0 aliphatic rings. The summed E-state index contributed by atoms with van der Waals surface area (Å²) in [5, 5.41) is 0.745. The zero-order valence-electron chi connectivity index (χ0n) is 11.6. The van der Waals surface area contributed by atoms with Crippen LogP contribution < -0.4 is 10.6 Å². The van der Waals surface area contributed by atoms with E-state index in [1.807, 2.05) is 25.1 Å². The third-order valence-corrected chi connectivity index (χ3v) is 3.39. The standard InChI is InChI=1S/C14H23ClN2O/c1-5-17(10(2)9-18-4)14-7-6-12(11(3)16)8-13(14)15/h6-8,10-11H,5,9,16H2,1-4H3/t10?,11-/m1/s1. The number of methoxy groups -OCH3 is 1. The number of halogens is 1. The van der Waals surface area contributed by atoms with Gasteiger partial charge in [0.05, 0.1) is 17.3 Å². The van der Waals surface area contributed by atoms with Gasteiger partial charge in [0.1, 0.15) is 0 Å². The molecule has 1 aromatic carbocycles. The van der Waals surface area contributed by atoms with E-state index >= 15 is 0 Å². The van der Waals surface area contributed by atoms with E-state index < -0.39 is 0 Å². The molecule has 2 N–H and O–H groups in total. The maximum absolute atomic E-state index is 6.35. The van der Waals surface area contributed by atoms with Gasteiger partial charge < -0.3 is 15.4 Å². The zero-order valence-corrected chi connectivity index (χ0v) is 12.4. The molecule has 0 aromatic heterocycles. The minimum atomic E-state index is 0.00280. The van der Waals surface area contributed by atoms with Crippen LogP contribution in [0.15, 0.2) is 18.2 Å². The van der Waals surface area contributed by atoms with Gasteiger partial charge in [-0.1, -0.05) is 17.7 Å². The molecule has 102 valence electrons. The summed E-state index contributed by atoms with van der Waals surface area (Å²) in [6, 6.07) is 6.32. The van der Waals surface area contributed by atoms with Crippen molar-refractivity contribution in [2.75, 3.05) is 25.2 Å². The highest BCUT2D eigenvalue weighted by Crippen LogP contribution is 2.29. The smallest absolute Gasteiger partial charge is 0.0663 e. The number of hydrogen-bond donors (Lipinski definition) is 1. The Morgan fingerprint density at radius 3 is 2.50 bits per heavy atom. The number of ether oxygens (including phenoxy) is 1. The Labute approximate surface area is 115 Å². The highest BCUT2D eigenvalue weighted by molar-refractivity contribution is 6.33. The average molecular weight is 271 g/mol. The van der Waals surface area contributed by atoms with E-state index in [4.69, 9.17) is 22.1 Å². The van der Waals surface area contributed by atoms with Crippen LogP contribution in [-0.2, 0) is 4.74 Å². The van der Waals surface area contributed by atoms with Crippen molar-refractivity contribution in [1.29, 1.82) is 0 Å². The van der Waals surface area contributed by atoms with E-state index in [-0.39, 0.29) is 6.04 Å². The highest BCUT2D eigenvalue weighted by atomic mass is 35.5. The molecule has 0 fully saturated rings. The van der Waals surface area contributed by atoms with Gasteiger partial charge in [-0.3, -0.25) is 0 Å². The fraction of sp³-hybridized carbons (Fsp3) is 0.571. The Morgan fingerprint density at radius 1 is 1.39 bits per heavy atom. The van der Waals surface area contributed by atoms with Crippen molar-refractivity contribution in [3.8, 4) is 0 Å². The van der Waals surface area contributed by atoms with E-state index in [1.165, 1.54) is 0 Å². The molecule has 0 aliphatic heterocycles. The Morgan fingerprint density at radius 2 is 2.06 bits per heavy atom. The maximum atomic E-state index is 6.35. The fourth-order valence-corrected chi connectivity index (χ4v) is 2.39. The lowest BCUT2D eigenvalue weighted by Crippen LogP contribution is -2.36. The van der Waals surface area contributed by atoms with E-state index in [2.05, 4.69) is 18.7 Å². The van der Waals surface area contributed by atoms with Crippen molar-refractivity contribution in [1.82, 2.24) is 0 Å². The highest BCUT2D eigenvalue weighted by Gasteiger charge is 2.16. The summed E-state index contributed by atoms with van der Waals surface area (Å²) in [5.41, 5.74) is 7.95. The molecule has 0 bridgehead atoms. The summed E-state index contributed by atoms with van der Waals surface area (Å²) in [7, 11) is 1.71. The molecule has 1 aromatic rings. The van der Waals surface area contributed by atoms with Crippen LogP contribution >= 0.6 is 11.6 Å². The molecule has 3 nitrogen and oxygen atoms in total. The zero-order chi connectivity index (χ0) is 13.7. The van der Waals surface area contributed by atoms with E-state index in [0.717, 1.165) is 22.8 Å². The van der Waals surface area contributed by atoms with Gasteiger partial charge in [-0.25, -0.2) is 0 Å². The molecule has 1 rings (SSSR count). The minimum absolute atomic E-state index is 0.00280. The maximum Gasteiger partial charge on any atom is 0.0663 e. The molecule has 2 atom stereocenters. The fourth-order valence-electron chi connectivity index (χ4n) is 2.09. The molecule has 0 saturated carbocycles. The summed E-state index contributed by atoms with van der Waals surface area (Å²) in [6.07, 6.45) is 0. The van der Waals surface area contributed by atoms with E-state index in [0.29, 0.717) is 12.6 Å². The van der Waals surface area contributed by atoms with Crippen LogP contribution in [0, 0.1) is 0 Å². The SMILES string of the molecule is CCN(c1ccc([C@@H](C)N)cc1Cl)C(C)COC. The largest absolute Gasteiger partial charge is 0.383 e. The van der Waals surface area contributed by atoms with Crippen molar-refractivity contribution in [2.45, 2.75) is 32.9 Å². The van der Waals surface area contributed by atoms with Gasteiger partial charge in [0, 0.05) is 25.7 Å². The van der Waals surface area contributed by atoms with Gasteiger partial charge in [0.25, 0.3) is 0 Å². The lowest BCUT2D eigenvalue weighted by Gasteiger charge is -2.30. The first-order valence-corrected chi connectivity index (χ1v) is 6.69. The third kappa shape index (κ3) is 3.61. The summed E-state index contributed by atoms with van der Waals surface area (Å²) >= 11 is 6.35. The molecule has 1 unspecified atom stereocenters. The summed E-state index contributed by atoms with van der Waals surface area (Å²) in [4.78, 5) is 2.23. The normalized spacial score (nSPS) is 14.3. The molecule has 18 heavy (non-hydrogen) atoms. The number of hydrogen-bond acceptors (Lipinski definition) is 3. The van der Waals surface area contributed by atoms with Crippen molar-refractivity contribution < 1.29 is 4.74 Å². The van der Waals surface area contributed by atoms with Crippen LogP contribution in [0.3, 0.4) is 0 Å². The Balaban J connectivity index is 2.99. The van der Waals surface area contributed by atoms with Gasteiger partial charge in [-0.05, 0) is 38.5 Å². The molecule has 0 saturated heterocycles. The molecule has 0 aliphatic carbocycles. The first-order chi connectivity index (χ1) is 8.51. The van der Waals surface area contributed by atoms with Gasteiger partial charge in [0.2, 0.25) is 0 Å². The van der Waals surface area contributed by atoms with Crippen LogP contribution in [0.4, 0.5) is 5.69 Å². The topological polar surface area (TPSA) is 38.5 Å². The summed E-state index contributed by atoms with van der Waals surface area (Å²) < 4.78 is 5.20. The summed E-state index contributed by atoms with van der Waals surface area (Å²) in [6.45, 7) is 7.77. The van der Waals surface area contributed by atoms with Crippen molar-refractivity contribution in [3.63, 3.8) is 0 Å². The van der Waals surface area contributed by atoms with Crippen LogP contribution in [0.1, 0.15) is 32.4 Å². The number of likely N-dealkylation sites (N-methyl/N-ethyl adjacent to an activating group) is 1. The second-order valence-electron chi connectivity index (χ2n) is 4.59. The Kier molecular flexibility index (Phi) is 5.93. The number of rotatable bonds is 6. The van der Waals surface area contributed by atoms with E-state index in [9.17, 15) is 0 Å². The number of nitrogens with two attached hydrogens (primary N) is 1. The van der Waals surface area contributed by atoms with Crippen LogP contribution in [-0.4, -0.2) is 26.3 Å². The quantitative estimate of drug-likeness (QED) is 0.863. The molecule has 0 spiro atoms. The summed E-state index contributed by atoms with van der Waals surface area (Å²) in [5.74, 6) is 0. The predicted molar refractivity (Wildman–Crippen MR) is 78.4 cm³/mol. The van der Waals surface area contributed by atoms with Gasteiger partial charge in [-0.2, -0.15) is 0 Å². The monoisotopic (exact) mass is 270 g/mol. The van der Waals surface area contributed by atoms with Gasteiger partial charge in [-0.15, -0.1) is 0 Å². The number of anilines is 1. The Hall–Kier alpha value is -0.770.